The summed E-state index contributed by atoms with van der Waals surface area (Å²) in [6.45, 7) is 2.25. The van der Waals surface area contributed by atoms with E-state index in [9.17, 15) is 30.3 Å². The van der Waals surface area contributed by atoms with Gasteiger partial charge in [0.05, 0.1) is 5.69 Å². The summed E-state index contributed by atoms with van der Waals surface area (Å²) in [5.74, 6) is -0.583. The number of carbonyl (C=O) groups excluding carboxylic acids is 1. The highest BCUT2D eigenvalue weighted by molar-refractivity contribution is 5.83. The van der Waals surface area contributed by atoms with Crippen molar-refractivity contribution in [3.05, 3.63) is 30.3 Å². The molecule has 0 aromatic heterocycles. The van der Waals surface area contributed by atoms with Gasteiger partial charge in [0.2, 0.25) is 0 Å². The molecule has 0 saturated carbocycles. The Morgan fingerprint density at radius 3 is 1.62 bits per heavy atom. The molecule has 7 nitrogen and oxygen atoms in total. The van der Waals surface area contributed by atoms with E-state index in [-0.39, 0.29) is 6.42 Å². The Kier molecular flexibility index (Phi) is 19.2. The number of aliphatic hydroxyl groups excluding tert-OH is 5. The van der Waals surface area contributed by atoms with Crippen LogP contribution in [0.15, 0.2) is 35.3 Å². The highest BCUT2D eigenvalue weighted by atomic mass is 16.4. The number of para-hydroxylation sites is 1. The molecule has 7 heteroatoms. The molecule has 5 N–H and O–H groups in total. The number of aliphatic hydroxyl groups is 5. The maximum atomic E-state index is 12.2. The summed E-state index contributed by atoms with van der Waals surface area (Å²) in [5, 5.41) is 50.6. The Morgan fingerprint density at radius 1 is 0.676 bits per heavy atom. The predicted octanol–water partition coefficient (Wildman–Crippen LogP) is 5.02. The summed E-state index contributed by atoms with van der Waals surface area (Å²) >= 11 is 0. The number of rotatable bonds is 23. The van der Waals surface area contributed by atoms with Crippen LogP contribution in [-0.2, 0) is 4.79 Å². The van der Waals surface area contributed by atoms with Gasteiger partial charge in [-0.1, -0.05) is 115 Å². The van der Waals surface area contributed by atoms with Crippen LogP contribution in [0.1, 0.15) is 110 Å². The molecule has 1 aromatic carbocycles. The zero-order chi connectivity index (χ0) is 27.3. The van der Waals surface area contributed by atoms with E-state index in [1.54, 1.807) is 24.3 Å². The van der Waals surface area contributed by atoms with E-state index in [1.807, 2.05) is 6.07 Å². The second-order valence-corrected chi connectivity index (χ2v) is 10.2. The molecular weight excluding hydrogens is 470 g/mol. The number of carbonyl (C=O) groups is 1. The molecule has 0 amide bonds. The summed E-state index contributed by atoms with van der Waals surface area (Å²) in [7, 11) is 0. The van der Waals surface area contributed by atoms with Crippen molar-refractivity contribution in [1.29, 1.82) is 0 Å². The Labute approximate surface area is 223 Å². The first-order valence-corrected chi connectivity index (χ1v) is 14.4. The Balaban J connectivity index is 2.12. The summed E-state index contributed by atoms with van der Waals surface area (Å²) < 4.78 is 0. The normalized spacial score (nSPS) is 15.9. The van der Waals surface area contributed by atoms with Gasteiger partial charge in [-0.05, 0) is 18.6 Å². The van der Waals surface area contributed by atoms with Gasteiger partial charge in [0.15, 0.2) is 5.78 Å². The van der Waals surface area contributed by atoms with Crippen LogP contribution in [0.3, 0.4) is 0 Å². The first kappa shape index (κ1) is 33.4. The van der Waals surface area contributed by atoms with Crippen molar-refractivity contribution in [2.24, 2.45) is 4.99 Å². The van der Waals surface area contributed by atoms with Gasteiger partial charge in [0, 0.05) is 12.6 Å². The highest BCUT2D eigenvalue weighted by Gasteiger charge is 2.36. The van der Waals surface area contributed by atoms with E-state index in [2.05, 4.69) is 11.9 Å². The van der Waals surface area contributed by atoms with Crippen molar-refractivity contribution < 1.29 is 30.3 Å². The largest absolute Gasteiger partial charge is 0.387 e. The lowest BCUT2D eigenvalue weighted by molar-refractivity contribution is -0.149. The van der Waals surface area contributed by atoms with Crippen LogP contribution in [0.25, 0.3) is 0 Å². The third kappa shape index (κ3) is 15.4. The number of hydrogen-bond donors (Lipinski definition) is 5. The predicted molar refractivity (Wildman–Crippen MR) is 149 cm³/mol. The van der Waals surface area contributed by atoms with E-state index in [4.69, 9.17) is 0 Å². The molecule has 1 aromatic rings. The van der Waals surface area contributed by atoms with Crippen LogP contribution in [-0.4, -0.2) is 68.1 Å². The van der Waals surface area contributed by atoms with Gasteiger partial charge in [0.25, 0.3) is 0 Å². The molecule has 0 radical (unpaired) electrons. The standard InChI is InChI=1S/C30H51NO6/c1-2-3-4-5-6-7-8-9-10-11-12-13-14-15-19-22-25(32)27(34)29(36)30(37)28(35)26(33)23-31-24-20-17-16-18-21-24/h16-18,20-21,23,26-30,33-37H,2-15,19,22H2,1H3/t26-,27?,28+,29+,30-/m0/s1. The number of aliphatic imine (C=N–C) groups is 1. The van der Waals surface area contributed by atoms with Gasteiger partial charge < -0.3 is 25.5 Å². The number of hydrogen-bond acceptors (Lipinski definition) is 7. The molecule has 0 aliphatic carbocycles. The number of benzene rings is 1. The molecular formula is C30H51NO6. The van der Waals surface area contributed by atoms with Gasteiger partial charge in [-0.25, -0.2) is 0 Å². The topological polar surface area (TPSA) is 131 Å². The minimum atomic E-state index is -1.91. The zero-order valence-corrected chi connectivity index (χ0v) is 22.8. The van der Waals surface area contributed by atoms with Crippen molar-refractivity contribution in [3.8, 4) is 0 Å². The number of ketones is 1. The molecule has 212 valence electrons. The van der Waals surface area contributed by atoms with Crippen LogP contribution in [0.2, 0.25) is 0 Å². The van der Waals surface area contributed by atoms with E-state index in [0.717, 1.165) is 25.5 Å². The summed E-state index contributed by atoms with van der Waals surface area (Å²) in [4.78, 5) is 16.2. The fraction of sp³-hybridized carbons (Fsp3) is 0.733. The third-order valence-electron chi connectivity index (χ3n) is 6.86. The van der Waals surface area contributed by atoms with Gasteiger partial charge in [0.1, 0.15) is 30.5 Å². The number of Topliss-reactive ketones (excluding diaryl/α,β-unsaturated/α-hetero) is 1. The van der Waals surface area contributed by atoms with E-state index in [1.165, 1.54) is 70.6 Å². The van der Waals surface area contributed by atoms with Crippen molar-refractivity contribution in [2.75, 3.05) is 0 Å². The van der Waals surface area contributed by atoms with Crippen LogP contribution in [0.5, 0.6) is 0 Å². The summed E-state index contributed by atoms with van der Waals surface area (Å²) in [6.07, 6.45) is 10.3. The molecule has 1 rings (SSSR count). The average molecular weight is 522 g/mol. The minimum absolute atomic E-state index is 0.0946. The lowest BCUT2D eigenvalue weighted by Crippen LogP contribution is -2.51. The molecule has 0 aliphatic rings. The lowest BCUT2D eigenvalue weighted by atomic mass is 9.95. The van der Waals surface area contributed by atoms with Crippen molar-refractivity contribution in [3.63, 3.8) is 0 Å². The number of unbranched alkanes of at least 4 members (excludes halogenated alkanes) is 14. The van der Waals surface area contributed by atoms with Gasteiger partial charge in [-0.2, -0.15) is 0 Å². The van der Waals surface area contributed by atoms with Crippen LogP contribution >= 0.6 is 0 Å². The molecule has 1 unspecified atom stereocenters. The quantitative estimate of drug-likeness (QED) is 0.101. The van der Waals surface area contributed by atoms with Gasteiger partial charge in [-0.3, -0.25) is 9.79 Å². The maximum absolute atomic E-state index is 12.2. The number of nitrogens with zero attached hydrogens (tertiary/aromatic N) is 1. The average Bonchev–Trinajstić information content (AvgIpc) is 2.92. The van der Waals surface area contributed by atoms with Gasteiger partial charge >= 0.3 is 0 Å². The molecule has 0 spiro atoms. The Hall–Kier alpha value is -1.64. The second kappa shape index (κ2) is 21.3. The third-order valence-corrected chi connectivity index (χ3v) is 6.86. The van der Waals surface area contributed by atoms with Crippen molar-refractivity contribution in [1.82, 2.24) is 0 Å². The molecule has 0 heterocycles. The SMILES string of the molecule is CCCCCCCCCCCCCCCCCC(=O)C(O)[C@@H](O)[C@@H](O)[C@H](O)[C@@H](O)C=Nc1ccccc1. The fourth-order valence-electron chi connectivity index (χ4n) is 4.36. The first-order valence-electron chi connectivity index (χ1n) is 14.4. The minimum Gasteiger partial charge on any atom is -0.387 e. The van der Waals surface area contributed by atoms with E-state index < -0.39 is 36.3 Å². The molecule has 5 atom stereocenters. The molecule has 0 aliphatic heterocycles. The Morgan fingerprint density at radius 2 is 1.14 bits per heavy atom. The molecule has 0 bridgehead atoms. The summed E-state index contributed by atoms with van der Waals surface area (Å²) in [5.41, 5.74) is 0.544. The fourth-order valence-corrected chi connectivity index (χ4v) is 4.36. The zero-order valence-electron chi connectivity index (χ0n) is 22.8. The van der Waals surface area contributed by atoms with Crippen molar-refractivity contribution in [2.45, 2.75) is 140 Å². The van der Waals surface area contributed by atoms with Gasteiger partial charge in [-0.15, -0.1) is 0 Å². The van der Waals surface area contributed by atoms with E-state index >= 15 is 0 Å². The molecule has 37 heavy (non-hydrogen) atoms. The van der Waals surface area contributed by atoms with Crippen LogP contribution in [0.4, 0.5) is 5.69 Å². The maximum Gasteiger partial charge on any atom is 0.164 e. The smallest absolute Gasteiger partial charge is 0.164 e. The molecule has 0 fully saturated rings. The highest BCUT2D eigenvalue weighted by Crippen LogP contribution is 2.16. The Bertz CT molecular complexity index is 713. The van der Waals surface area contributed by atoms with Crippen molar-refractivity contribution >= 4 is 17.7 Å². The summed E-state index contributed by atoms with van der Waals surface area (Å²) in [6, 6.07) is 8.72. The monoisotopic (exact) mass is 521 g/mol. The van der Waals surface area contributed by atoms with Crippen LogP contribution < -0.4 is 0 Å². The molecule has 0 saturated heterocycles. The second-order valence-electron chi connectivity index (χ2n) is 10.2. The lowest BCUT2D eigenvalue weighted by Gasteiger charge is -2.27. The van der Waals surface area contributed by atoms with E-state index in [0.29, 0.717) is 12.1 Å². The van der Waals surface area contributed by atoms with Crippen LogP contribution in [0, 0.1) is 0 Å². The first-order chi connectivity index (χ1) is 17.9.